The van der Waals surface area contributed by atoms with Crippen molar-refractivity contribution < 1.29 is 0 Å². The summed E-state index contributed by atoms with van der Waals surface area (Å²) in [6.45, 7) is 0. The van der Waals surface area contributed by atoms with E-state index in [1.165, 1.54) is 0 Å². The maximum absolute atomic E-state index is 11.5. The van der Waals surface area contributed by atoms with E-state index < -0.39 is 0 Å². The number of aromatic amines is 2. The molecule has 3 rings (SSSR count). The van der Waals surface area contributed by atoms with Gasteiger partial charge in [0.2, 0.25) is 0 Å². The molecule has 0 atom stereocenters. The van der Waals surface area contributed by atoms with E-state index in [0.29, 0.717) is 5.56 Å². The van der Waals surface area contributed by atoms with Gasteiger partial charge in [0.25, 0.3) is 5.56 Å². The lowest BCUT2D eigenvalue weighted by atomic mass is 10.2. The van der Waals surface area contributed by atoms with Crippen LogP contribution in [0, 0.1) is 0 Å². The van der Waals surface area contributed by atoms with Gasteiger partial charge in [-0.3, -0.25) is 9.78 Å². The zero-order chi connectivity index (χ0) is 11.0. The van der Waals surface area contributed by atoms with Gasteiger partial charge < -0.3 is 4.98 Å². The third-order valence-electron chi connectivity index (χ3n) is 2.41. The highest BCUT2D eigenvalue weighted by atomic mass is 16.1. The van der Waals surface area contributed by atoms with Gasteiger partial charge in [0.15, 0.2) is 0 Å². The quantitative estimate of drug-likeness (QED) is 0.638. The van der Waals surface area contributed by atoms with Crippen LogP contribution in [0.3, 0.4) is 0 Å². The van der Waals surface area contributed by atoms with Gasteiger partial charge in [-0.05, 0) is 24.3 Å². The first kappa shape index (κ1) is 8.84. The van der Waals surface area contributed by atoms with E-state index >= 15 is 0 Å². The molecule has 0 aromatic carbocycles. The molecule has 16 heavy (non-hydrogen) atoms. The number of rotatable bonds is 1. The van der Waals surface area contributed by atoms with Crippen LogP contribution >= 0.6 is 0 Å². The summed E-state index contributed by atoms with van der Waals surface area (Å²) in [6, 6.07) is 7.28. The smallest absolute Gasteiger partial charge is 0.273 e. The summed E-state index contributed by atoms with van der Waals surface area (Å²) in [5, 5.41) is 6.05. The summed E-state index contributed by atoms with van der Waals surface area (Å²) < 4.78 is 0. The van der Waals surface area contributed by atoms with Crippen LogP contribution in [0.15, 0.2) is 41.5 Å². The third-order valence-corrected chi connectivity index (χ3v) is 2.41. The molecule has 0 aliphatic carbocycles. The van der Waals surface area contributed by atoms with Gasteiger partial charge in [0.1, 0.15) is 0 Å². The number of hydrogen-bond donors (Lipinski definition) is 2. The molecular formula is C11H8N4O. The molecule has 2 N–H and O–H groups in total. The summed E-state index contributed by atoms with van der Waals surface area (Å²) in [7, 11) is 0. The monoisotopic (exact) mass is 212 g/mol. The van der Waals surface area contributed by atoms with Crippen molar-refractivity contribution >= 4 is 11.0 Å². The number of fused-ring (bicyclic) bond motifs is 1. The number of nitrogens with zero attached hydrogens (tertiary/aromatic N) is 2. The molecule has 3 aromatic heterocycles. The first-order valence-electron chi connectivity index (χ1n) is 4.82. The Hall–Kier alpha value is -2.43. The molecule has 5 nitrogen and oxygen atoms in total. The molecule has 3 aromatic rings. The van der Waals surface area contributed by atoms with Crippen molar-refractivity contribution in [3.05, 3.63) is 47.0 Å². The Balaban J connectivity index is 2.27. The van der Waals surface area contributed by atoms with E-state index in [-0.39, 0.29) is 5.56 Å². The normalized spacial score (nSPS) is 10.8. The highest BCUT2D eigenvalue weighted by Gasteiger charge is 2.06. The lowest BCUT2D eigenvalue weighted by Crippen LogP contribution is -2.09. The minimum atomic E-state index is -0.214. The molecule has 78 valence electrons. The highest BCUT2D eigenvalue weighted by Crippen LogP contribution is 2.19. The first-order chi connectivity index (χ1) is 7.84. The van der Waals surface area contributed by atoms with Gasteiger partial charge in [-0.15, -0.1) is 0 Å². The molecule has 0 radical (unpaired) electrons. The fraction of sp³-hybridized carbons (Fsp3) is 0. The van der Waals surface area contributed by atoms with Crippen molar-refractivity contribution in [2.24, 2.45) is 0 Å². The molecule has 0 aliphatic rings. The van der Waals surface area contributed by atoms with E-state index in [2.05, 4.69) is 20.2 Å². The van der Waals surface area contributed by atoms with E-state index in [1.807, 2.05) is 18.2 Å². The Morgan fingerprint density at radius 1 is 1.19 bits per heavy atom. The van der Waals surface area contributed by atoms with E-state index in [1.54, 1.807) is 18.5 Å². The summed E-state index contributed by atoms with van der Waals surface area (Å²) in [6.07, 6.45) is 3.27. The molecule has 0 saturated heterocycles. The number of nitrogens with one attached hydrogen (secondary N) is 2. The zero-order valence-electron chi connectivity index (χ0n) is 8.27. The van der Waals surface area contributed by atoms with Crippen LogP contribution < -0.4 is 5.56 Å². The lowest BCUT2D eigenvalue weighted by Gasteiger charge is -1.93. The molecule has 0 bridgehead atoms. The second kappa shape index (κ2) is 3.30. The standard InChI is InChI=1S/C11H8N4O/c16-11-7(3-5-13-15-11)9-6-10-8(14-9)2-1-4-12-10/h1-6,14H,(H,15,16). The second-order valence-electron chi connectivity index (χ2n) is 3.42. The number of H-pyrrole nitrogens is 2. The first-order valence-corrected chi connectivity index (χ1v) is 4.82. The van der Waals surface area contributed by atoms with Crippen LogP contribution in [-0.4, -0.2) is 20.2 Å². The van der Waals surface area contributed by atoms with Crippen LogP contribution in [0.25, 0.3) is 22.3 Å². The second-order valence-corrected chi connectivity index (χ2v) is 3.42. The number of aromatic nitrogens is 4. The Labute approximate surface area is 90.2 Å². The summed E-state index contributed by atoms with van der Waals surface area (Å²) >= 11 is 0. The van der Waals surface area contributed by atoms with Crippen LogP contribution in [0.2, 0.25) is 0 Å². The molecule has 0 unspecified atom stereocenters. The topological polar surface area (TPSA) is 74.4 Å². The van der Waals surface area contributed by atoms with Crippen LogP contribution in [0.1, 0.15) is 0 Å². The Bertz CT molecular complexity index is 665. The van der Waals surface area contributed by atoms with Crippen LogP contribution in [0.4, 0.5) is 0 Å². The summed E-state index contributed by atoms with van der Waals surface area (Å²) in [5.41, 5.74) is 2.85. The summed E-state index contributed by atoms with van der Waals surface area (Å²) in [5.74, 6) is 0. The van der Waals surface area contributed by atoms with E-state index in [4.69, 9.17) is 0 Å². The van der Waals surface area contributed by atoms with E-state index in [9.17, 15) is 4.79 Å². The Morgan fingerprint density at radius 3 is 2.94 bits per heavy atom. The molecule has 0 aliphatic heterocycles. The summed E-state index contributed by atoms with van der Waals surface area (Å²) in [4.78, 5) is 18.9. The Morgan fingerprint density at radius 2 is 2.12 bits per heavy atom. The third kappa shape index (κ3) is 1.30. The van der Waals surface area contributed by atoms with Gasteiger partial charge in [0.05, 0.1) is 22.3 Å². The number of hydrogen-bond acceptors (Lipinski definition) is 3. The zero-order valence-corrected chi connectivity index (χ0v) is 8.27. The minimum absolute atomic E-state index is 0.214. The highest BCUT2D eigenvalue weighted by molar-refractivity contribution is 5.81. The average molecular weight is 212 g/mol. The van der Waals surface area contributed by atoms with Gasteiger partial charge in [-0.2, -0.15) is 5.10 Å². The predicted octanol–water partition coefficient (Wildman–Crippen LogP) is 1.31. The van der Waals surface area contributed by atoms with Crippen molar-refractivity contribution in [2.45, 2.75) is 0 Å². The van der Waals surface area contributed by atoms with Gasteiger partial charge in [-0.25, -0.2) is 5.10 Å². The minimum Gasteiger partial charge on any atom is -0.353 e. The molecular weight excluding hydrogens is 204 g/mol. The van der Waals surface area contributed by atoms with Crippen molar-refractivity contribution in [2.75, 3.05) is 0 Å². The van der Waals surface area contributed by atoms with E-state index in [0.717, 1.165) is 16.7 Å². The molecule has 0 saturated carbocycles. The van der Waals surface area contributed by atoms with Crippen molar-refractivity contribution in [1.82, 2.24) is 20.2 Å². The van der Waals surface area contributed by atoms with Crippen molar-refractivity contribution in [3.63, 3.8) is 0 Å². The molecule has 3 heterocycles. The molecule has 0 amide bonds. The van der Waals surface area contributed by atoms with Gasteiger partial charge in [0, 0.05) is 12.4 Å². The fourth-order valence-corrected chi connectivity index (χ4v) is 1.66. The Kier molecular flexibility index (Phi) is 1.83. The van der Waals surface area contributed by atoms with Gasteiger partial charge in [-0.1, -0.05) is 0 Å². The van der Waals surface area contributed by atoms with Crippen molar-refractivity contribution in [1.29, 1.82) is 0 Å². The largest absolute Gasteiger partial charge is 0.353 e. The van der Waals surface area contributed by atoms with Gasteiger partial charge >= 0.3 is 0 Å². The molecule has 0 fully saturated rings. The number of pyridine rings is 1. The maximum Gasteiger partial charge on any atom is 0.273 e. The average Bonchev–Trinajstić information content (AvgIpc) is 2.73. The molecule has 5 heteroatoms. The van der Waals surface area contributed by atoms with Crippen molar-refractivity contribution in [3.8, 4) is 11.3 Å². The maximum atomic E-state index is 11.5. The fourth-order valence-electron chi connectivity index (χ4n) is 1.66. The predicted molar refractivity (Wildman–Crippen MR) is 59.9 cm³/mol. The SMILES string of the molecule is O=c1[nH]nccc1-c1cc2ncccc2[nH]1. The lowest BCUT2D eigenvalue weighted by molar-refractivity contribution is 0.990. The van der Waals surface area contributed by atoms with Crippen LogP contribution in [-0.2, 0) is 0 Å². The molecule has 0 spiro atoms. The van der Waals surface area contributed by atoms with Crippen LogP contribution in [0.5, 0.6) is 0 Å².